The van der Waals surface area contributed by atoms with Crippen LogP contribution in [0.1, 0.15) is 25.7 Å². The number of nitrogens with one attached hydrogen (secondary N) is 1. The first kappa shape index (κ1) is 23.5. The van der Waals surface area contributed by atoms with E-state index in [1.165, 1.54) is 6.07 Å². The Bertz CT molecular complexity index is 1300. The van der Waals surface area contributed by atoms with E-state index in [4.69, 9.17) is 0 Å². The van der Waals surface area contributed by atoms with Crippen LogP contribution >= 0.6 is 0 Å². The quantitative estimate of drug-likeness (QED) is 0.540. The topological polar surface area (TPSA) is 96.2 Å². The van der Waals surface area contributed by atoms with Crippen molar-refractivity contribution in [3.63, 3.8) is 0 Å². The van der Waals surface area contributed by atoms with Crippen LogP contribution in [0.25, 0.3) is 22.2 Å². The van der Waals surface area contributed by atoms with Crippen LogP contribution in [-0.2, 0) is 6.54 Å². The van der Waals surface area contributed by atoms with E-state index in [1.54, 1.807) is 24.1 Å². The summed E-state index contributed by atoms with van der Waals surface area (Å²) in [6.07, 6.45) is -1.27. The minimum absolute atomic E-state index is 0.116. The number of phenolic OH excluding ortho intramolecular Hbond substituents is 1. The fourth-order valence-electron chi connectivity index (χ4n) is 5.08. The molecule has 2 aliphatic rings. The fourth-order valence-corrected chi connectivity index (χ4v) is 5.08. The molecule has 2 N–H and O–H groups in total. The Kier molecular flexibility index (Phi) is 5.86. The van der Waals surface area contributed by atoms with Crippen LogP contribution in [-0.4, -0.2) is 62.4 Å². The van der Waals surface area contributed by atoms with E-state index < -0.39 is 24.5 Å². The van der Waals surface area contributed by atoms with Crippen molar-refractivity contribution in [2.75, 3.05) is 11.9 Å². The lowest BCUT2D eigenvalue weighted by molar-refractivity contribution is -0.141. The minimum Gasteiger partial charge on any atom is -0.507 e. The second kappa shape index (κ2) is 8.74. The number of aromatic nitrogens is 4. The molecular weight excluding hydrogens is 468 g/mol. The monoisotopic (exact) mass is 492 g/mol. The third-order valence-electron chi connectivity index (χ3n) is 6.87. The van der Waals surface area contributed by atoms with Crippen molar-refractivity contribution in [2.24, 2.45) is 0 Å². The summed E-state index contributed by atoms with van der Waals surface area (Å²) in [5, 5.41) is 22.1. The Morgan fingerprint density at radius 3 is 2.74 bits per heavy atom. The number of piperidine rings is 2. The Morgan fingerprint density at radius 1 is 1.23 bits per heavy atom. The largest absolute Gasteiger partial charge is 0.507 e. The molecule has 8 nitrogen and oxygen atoms in total. The van der Waals surface area contributed by atoms with E-state index >= 15 is 4.39 Å². The molecule has 2 aliphatic heterocycles. The lowest BCUT2D eigenvalue weighted by atomic mass is 9.82. The van der Waals surface area contributed by atoms with Gasteiger partial charge in [-0.1, -0.05) is 6.42 Å². The van der Waals surface area contributed by atoms with Crippen LogP contribution in [0.5, 0.6) is 5.75 Å². The SMILES string of the molecule is CN(c1ccc(-c2cc3ncn(CC(F)(F)F)c(=O)c3cc2O)nn1)[C@@H]1C[C@@H]2CCC[C@H](N2)[C@@H]1F. The summed E-state index contributed by atoms with van der Waals surface area (Å²) in [5.41, 5.74) is -0.295. The fraction of sp³-hybridized carbons (Fsp3) is 0.478. The van der Waals surface area contributed by atoms with Gasteiger partial charge in [0.15, 0.2) is 5.82 Å². The number of halogens is 4. The number of anilines is 1. The summed E-state index contributed by atoms with van der Waals surface area (Å²) in [6, 6.07) is 5.53. The smallest absolute Gasteiger partial charge is 0.406 e. The maximum Gasteiger partial charge on any atom is 0.406 e. The van der Waals surface area contributed by atoms with Gasteiger partial charge in [-0.25, -0.2) is 9.37 Å². The number of nitrogens with zero attached hydrogens (tertiary/aromatic N) is 5. The second-order valence-electron chi connectivity index (χ2n) is 9.22. The van der Waals surface area contributed by atoms with Gasteiger partial charge >= 0.3 is 6.18 Å². The van der Waals surface area contributed by atoms with Crippen molar-refractivity contribution in [1.29, 1.82) is 0 Å². The number of rotatable bonds is 4. The first-order valence-electron chi connectivity index (χ1n) is 11.4. The van der Waals surface area contributed by atoms with Gasteiger partial charge in [-0.05, 0) is 43.5 Å². The zero-order valence-corrected chi connectivity index (χ0v) is 18.8. The summed E-state index contributed by atoms with van der Waals surface area (Å²) >= 11 is 0. The molecule has 0 radical (unpaired) electrons. The van der Waals surface area contributed by atoms with Gasteiger partial charge in [-0.3, -0.25) is 9.36 Å². The summed E-state index contributed by atoms with van der Waals surface area (Å²) in [4.78, 5) is 18.2. The third kappa shape index (κ3) is 4.54. The highest BCUT2D eigenvalue weighted by molar-refractivity contribution is 5.86. The van der Waals surface area contributed by atoms with Crippen molar-refractivity contribution in [3.05, 3.63) is 40.9 Å². The lowest BCUT2D eigenvalue weighted by Gasteiger charge is -2.46. The zero-order valence-electron chi connectivity index (χ0n) is 18.8. The van der Waals surface area contributed by atoms with Crippen molar-refractivity contribution in [3.8, 4) is 17.0 Å². The number of hydrogen-bond acceptors (Lipinski definition) is 7. The number of benzene rings is 1. The molecular formula is C23H24F4N6O2. The van der Waals surface area contributed by atoms with Crippen molar-refractivity contribution in [2.45, 2.75) is 62.7 Å². The molecule has 0 amide bonds. The van der Waals surface area contributed by atoms with Crippen LogP contribution in [0.4, 0.5) is 23.4 Å². The molecule has 1 aromatic carbocycles. The van der Waals surface area contributed by atoms with Gasteiger partial charge in [0, 0.05) is 24.7 Å². The van der Waals surface area contributed by atoms with Crippen LogP contribution in [0.3, 0.4) is 0 Å². The second-order valence-corrected chi connectivity index (χ2v) is 9.22. The predicted octanol–water partition coefficient (Wildman–Crippen LogP) is 3.18. The number of fused-ring (bicyclic) bond motifs is 3. The molecule has 2 aromatic heterocycles. The highest BCUT2D eigenvalue weighted by atomic mass is 19.4. The average Bonchev–Trinajstić information content (AvgIpc) is 2.82. The summed E-state index contributed by atoms with van der Waals surface area (Å²) in [5.74, 6) is 0.140. The number of aromatic hydroxyl groups is 1. The molecule has 2 saturated heterocycles. The molecule has 186 valence electrons. The number of hydrogen-bond donors (Lipinski definition) is 2. The van der Waals surface area contributed by atoms with Crippen LogP contribution in [0.15, 0.2) is 35.4 Å². The first-order valence-corrected chi connectivity index (χ1v) is 11.4. The summed E-state index contributed by atoms with van der Waals surface area (Å²) < 4.78 is 53.6. The van der Waals surface area contributed by atoms with E-state index in [-0.39, 0.29) is 46.0 Å². The molecule has 2 bridgehead atoms. The maximum atomic E-state index is 15.1. The molecule has 0 unspecified atom stereocenters. The van der Waals surface area contributed by atoms with Crippen molar-refractivity contribution >= 4 is 16.7 Å². The number of alkyl halides is 4. The van der Waals surface area contributed by atoms with E-state index in [0.29, 0.717) is 16.8 Å². The zero-order chi connectivity index (χ0) is 24.9. The van der Waals surface area contributed by atoms with Crippen molar-refractivity contribution in [1.82, 2.24) is 25.1 Å². The molecule has 0 aliphatic carbocycles. The van der Waals surface area contributed by atoms with E-state index in [9.17, 15) is 23.1 Å². The Hall–Kier alpha value is -3.28. The maximum absolute atomic E-state index is 15.1. The van der Waals surface area contributed by atoms with E-state index in [2.05, 4.69) is 20.5 Å². The molecule has 12 heteroatoms. The Morgan fingerprint density at radius 2 is 2.03 bits per heavy atom. The number of phenols is 1. The van der Waals surface area contributed by atoms with Gasteiger partial charge in [-0.15, -0.1) is 10.2 Å². The Labute approximate surface area is 197 Å². The third-order valence-corrected chi connectivity index (χ3v) is 6.87. The predicted molar refractivity (Wildman–Crippen MR) is 121 cm³/mol. The average molecular weight is 492 g/mol. The summed E-state index contributed by atoms with van der Waals surface area (Å²) in [7, 11) is 1.78. The molecule has 2 fully saturated rings. The van der Waals surface area contributed by atoms with Gasteiger partial charge in [0.2, 0.25) is 0 Å². The van der Waals surface area contributed by atoms with Gasteiger partial charge in [0.05, 0.1) is 29.0 Å². The van der Waals surface area contributed by atoms with E-state index in [0.717, 1.165) is 31.7 Å². The van der Waals surface area contributed by atoms with Gasteiger partial charge in [-0.2, -0.15) is 13.2 Å². The van der Waals surface area contributed by atoms with Crippen molar-refractivity contribution < 1.29 is 22.7 Å². The highest BCUT2D eigenvalue weighted by Crippen LogP contribution is 2.34. The van der Waals surface area contributed by atoms with Crippen LogP contribution in [0.2, 0.25) is 0 Å². The normalized spacial score (nSPS) is 24.5. The molecule has 35 heavy (non-hydrogen) atoms. The van der Waals surface area contributed by atoms with Gasteiger partial charge in [0.25, 0.3) is 5.56 Å². The standard InChI is InChI=1S/C23H24F4N6O2/c1-32(18-7-12-3-2-4-16(29-12)21(18)24)20-6-5-15(30-31-20)13-8-17-14(9-19(13)34)22(35)33(11-28-17)10-23(25,26)27/h5-6,8-9,11-12,16,18,21,29,34H,2-4,7,10H2,1H3/t12-,16-,18+,21-/m0/s1. The molecule has 3 aromatic rings. The molecule has 5 rings (SSSR count). The molecule has 4 atom stereocenters. The van der Waals surface area contributed by atoms with E-state index in [1.807, 2.05) is 0 Å². The van der Waals surface area contributed by atoms with Crippen LogP contribution in [0, 0.1) is 0 Å². The first-order chi connectivity index (χ1) is 16.6. The lowest BCUT2D eigenvalue weighted by Crippen LogP contribution is -2.61. The Balaban J connectivity index is 1.41. The summed E-state index contributed by atoms with van der Waals surface area (Å²) in [6.45, 7) is -1.48. The van der Waals surface area contributed by atoms with Gasteiger partial charge in [0.1, 0.15) is 18.5 Å². The highest BCUT2D eigenvalue weighted by Gasteiger charge is 2.42. The molecule has 0 spiro atoms. The minimum atomic E-state index is -4.58. The molecule has 4 heterocycles. The van der Waals surface area contributed by atoms with Crippen LogP contribution < -0.4 is 15.8 Å². The van der Waals surface area contributed by atoms with Gasteiger partial charge < -0.3 is 15.3 Å². The molecule has 0 saturated carbocycles.